The number of hydrogen-bond donors (Lipinski definition) is 1. The van der Waals surface area contributed by atoms with Crippen LogP contribution in [0.25, 0.3) is 0 Å². The quantitative estimate of drug-likeness (QED) is 0.788. The standard InChI is InChI=1S/C12H23NO3/c1-5-9-6-10(8-14)13(7-9)11(15)16-12(2,3)4/h9-10,14H,5-8H2,1-4H3/t9-,10+/m1/s1. The van der Waals surface area contributed by atoms with Crippen molar-refractivity contribution in [2.45, 2.75) is 52.2 Å². The van der Waals surface area contributed by atoms with E-state index in [4.69, 9.17) is 4.74 Å². The van der Waals surface area contributed by atoms with Crippen LogP contribution >= 0.6 is 0 Å². The first-order chi connectivity index (χ1) is 7.37. The van der Waals surface area contributed by atoms with Crippen molar-refractivity contribution in [1.29, 1.82) is 0 Å². The number of ether oxygens (including phenoxy) is 1. The third kappa shape index (κ3) is 3.37. The Morgan fingerprint density at radius 2 is 2.12 bits per heavy atom. The van der Waals surface area contributed by atoms with E-state index in [0.29, 0.717) is 12.5 Å². The van der Waals surface area contributed by atoms with Gasteiger partial charge in [-0.25, -0.2) is 4.79 Å². The summed E-state index contributed by atoms with van der Waals surface area (Å²) < 4.78 is 5.32. The molecule has 1 saturated heterocycles. The molecule has 0 saturated carbocycles. The summed E-state index contributed by atoms with van der Waals surface area (Å²) in [5.74, 6) is 0.490. The fourth-order valence-corrected chi connectivity index (χ4v) is 2.03. The second-order valence-electron chi connectivity index (χ2n) is 5.48. The van der Waals surface area contributed by atoms with Crippen molar-refractivity contribution in [1.82, 2.24) is 4.90 Å². The Balaban J connectivity index is 2.61. The molecule has 1 aliphatic rings. The van der Waals surface area contributed by atoms with Crippen LogP contribution < -0.4 is 0 Å². The molecule has 0 aliphatic carbocycles. The minimum Gasteiger partial charge on any atom is -0.444 e. The molecule has 0 aromatic heterocycles. The number of hydrogen-bond acceptors (Lipinski definition) is 3. The number of likely N-dealkylation sites (tertiary alicyclic amines) is 1. The minimum atomic E-state index is -0.471. The Kier molecular flexibility index (Phi) is 4.19. The average molecular weight is 229 g/mol. The van der Waals surface area contributed by atoms with Gasteiger partial charge in [0.15, 0.2) is 0 Å². The van der Waals surface area contributed by atoms with Crippen LogP contribution in [0.5, 0.6) is 0 Å². The lowest BCUT2D eigenvalue weighted by molar-refractivity contribution is 0.0172. The van der Waals surface area contributed by atoms with Crippen LogP contribution in [-0.2, 0) is 4.74 Å². The van der Waals surface area contributed by atoms with Crippen molar-refractivity contribution in [3.8, 4) is 0 Å². The molecule has 94 valence electrons. The molecule has 0 bridgehead atoms. The maximum absolute atomic E-state index is 11.9. The van der Waals surface area contributed by atoms with E-state index in [0.717, 1.165) is 12.8 Å². The Bertz CT molecular complexity index is 247. The zero-order valence-electron chi connectivity index (χ0n) is 10.7. The third-order valence-electron chi connectivity index (χ3n) is 2.92. The number of carbonyl (C=O) groups excluding carboxylic acids is 1. The fraction of sp³-hybridized carbons (Fsp3) is 0.917. The van der Waals surface area contributed by atoms with E-state index in [1.807, 2.05) is 20.8 Å². The van der Waals surface area contributed by atoms with Gasteiger partial charge in [-0.2, -0.15) is 0 Å². The summed E-state index contributed by atoms with van der Waals surface area (Å²) >= 11 is 0. The fourth-order valence-electron chi connectivity index (χ4n) is 2.03. The molecule has 1 N–H and O–H groups in total. The van der Waals surface area contributed by atoms with E-state index in [9.17, 15) is 9.90 Å². The third-order valence-corrected chi connectivity index (χ3v) is 2.92. The second-order valence-corrected chi connectivity index (χ2v) is 5.48. The maximum atomic E-state index is 11.9. The Morgan fingerprint density at radius 1 is 1.50 bits per heavy atom. The number of rotatable bonds is 2. The molecule has 2 atom stereocenters. The summed E-state index contributed by atoms with van der Waals surface area (Å²) in [6, 6.07) is -0.0696. The molecule has 4 nitrogen and oxygen atoms in total. The van der Waals surface area contributed by atoms with Crippen LogP contribution in [-0.4, -0.2) is 40.9 Å². The number of aliphatic hydroxyl groups is 1. The number of nitrogens with zero attached hydrogens (tertiary/aromatic N) is 1. The van der Waals surface area contributed by atoms with Gasteiger partial charge < -0.3 is 14.7 Å². The molecule has 1 fully saturated rings. The summed E-state index contributed by atoms with van der Waals surface area (Å²) in [7, 11) is 0. The van der Waals surface area contributed by atoms with E-state index in [1.54, 1.807) is 4.90 Å². The molecule has 1 heterocycles. The first-order valence-corrected chi connectivity index (χ1v) is 5.97. The van der Waals surface area contributed by atoms with E-state index in [2.05, 4.69) is 6.92 Å². The smallest absolute Gasteiger partial charge is 0.410 e. The highest BCUT2D eigenvalue weighted by Crippen LogP contribution is 2.26. The molecule has 1 rings (SSSR count). The molecular weight excluding hydrogens is 206 g/mol. The average Bonchev–Trinajstić information content (AvgIpc) is 2.58. The summed E-state index contributed by atoms with van der Waals surface area (Å²) in [6.07, 6.45) is 1.62. The van der Waals surface area contributed by atoms with Gasteiger partial charge in [0.2, 0.25) is 0 Å². The molecule has 16 heavy (non-hydrogen) atoms. The van der Waals surface area contributed by atoms with Gasteiger partial charge in [0, 0.05) is 6.54 Å². The topological polar surface area (TPSA) is 49.8 Å². The van der Waals surface area contributed by atoms with Crippen molar-refractivity contribution >= 4 is 6.09 Å². The van der Waals surface area contributed by atoms with Crippen LogP contribution in [0.15, 0.2) is 0 Å². The minimum absolute atomic E-state index is 0.0236. The van der Waals surface area contributed by atoms with Gasteiger partial charge >= 0.3 is 6.09 Å². The van der Waals surface area contributed by atoms with E-state index < -0.39 is 5.60 Å². The van der Waals surface area contributed by atoms with Gasteiger partial charge in [-0.05, 0) is 33.1 Å². The van der Waals surface area contributed by atoms with Gasteiger partial charge in [0.25, 0.3) is 0 Å². The predicted octanol–water partition coefficient (Wildman–Crippen LogP) is 2.01. The first-order valence-electron chi connectivity index (χ1n) is 5.97. The second kappa shape index (κ2) is 5.04. The van der Waals surface area contributed by atoms with Crippen LogP contribution in [0.3, 0.4) is 0 Å². The van der Waals surface area contributed by atoms with Crippen molar-refractivity contribution in [3.05, 3.63) is 0 Å². The van der Waals surface area contributed by atoms with Crippen molar-refractivity contribution in [3.63, 3.8) is 0 Å². The zero-order valence-corrected chi connectivity index (χ0v) is 10.7. The van der Waals surface area contributed by atoms with Crippen LogP contribution in [0.2, 0.25) is 0 Å². The molecule has 1 amide bonds. The number of amides is 1. The predicted molar refractivity (Wildman–Crippen MR) is 62.2 cm³/mol. The van der Waals surface area contributed by atoms with Crippen LogP contribution in [0, 0.1) is 5.92 Å². The van der Waals surface area contributed by atoms with Crippen molar-refractivity contribution in [2.24, 2.45) is 5.92 Å². The Morgan fingerprint density at radius 3 is 2.56 bits per heavy atom. The van der Waals surface area contributed by atoms with E-state index in [1.165, 1.54) is 0 Å². The highest BCUT2D eigenvalue weighted by atomic mass is 16.6. The lowest BCUT2D eigenvalue weighted by atomic mass is 10.0. The SMILES string of the molecule is CC[C@@H]1C[C@@H](CO)N(C(=O)OC(C)(C)C)C1. The van der Waals surface area contributed by atoms with Gasteiger partial charge in [-0.15, -0.1) is 0 Å². The lowest BCUT2D eigenvalue weighted by Crippen LogP contribution is -2.41. The van der Waals surface area contributed by atoms with Crippen molar-refractivity contribution < 1.29 is 14.6 Å². The maximum Gasteiger partial charge on any atom is 0.410 e. The first kappa shape index (κ1) is 13.3. The molecule has 1 aliphatic heterocycles. The molecule has 0 spiro atoms. The molecule has 0 aromatic rings. The molecule has 0 aromatic carbocycles. The zero-order chi connectivity index (χ0) is 12.3. The molecule has 4 heteroatoms. The summed E-state index contributed by atoms with van der Waals surface area (Å²) in [4.78, 5) is 13.6. The highest BCUT2D eigenvalue weighted by molar-refractivity contribution is 5.69. The molecular formula is C12H23NO3. The van der Waals surface area contributed by atoms with Gasteiger partial charge in [0.1, 0.15) is 5.60 Å². The summed E-state index contributed by atoms with van der Waals surface area (Å²) in [5, 5.41) is 9.25. The van der Waals surface area contributed by atoms with E-state index in [-0.39, 0.29) is 18.7 Å². The van der Waals surface area contributed by atoms with Crippen molar-refractivity contribution in [2.75, 3.05) is 13.2 Å². The lowest BCUT2D eigenvalue weighted by Gasteiger charge is -2.27. The van der Waals surface area contributed by atoms with Gasteiger partial charge in [0.05, 0.1) is 12.6 Å². The largest absolute Gasteiger partial charge is 0.444 e. The number of carbonyl (C=O) groups is 1. The monoisotopic (exact) mass is 229 g/mol. The summed E-state index contributed by atoms with van der Waals surface area (Å²) in [6.45, 7) is 8.40. The van der Waals surface area contributed by atoms with Gasteiger partial charge in [-0.3, -0.25) is 0 Å². The number of aliphatic hydroxyl groups excluding tert-OH is 1. The molecule has 0 unspecified atom stereocenters. The Hall–Kier alpha value is -0.770. The highest BCUT2D eigenvalue weighted by Gasteiger charge is 2.36. The van der Waals surface area contributed by atoms with E-state index >= 15 is 0 Å². The Labute approximate surface area is 97.6 Å². The summed E-state index contributed by atoms with van der Waals surface area (Å²) in [5.41, 5.74) is -0.471. The molecule has 0 radical (unpaired) electrons. The van der Waals surface area contributed by atoms with Gasteiger partial charge in [-0.1, -0.05) is 13.3 Å². The normalized spacial score (nSPS) is 25.9. The van der Waals surface area contributed by atoms with Crippen LogP contribution in [0.4, 0.5) is 4.79 Å². The van der Waals surface area contributed by atoms with Crippen LogP contribution in [0.1, 0.15) is 40.5 Å².